The van der Waals surface area contributed by atoms with Crippen molar-refractivity contribution in [1.29, 1.82) is 0 Å². The van der Waals surface area contributed by atoms with E-state index in [2.05, 4.69) is 21.2 Å². The molecule has 0 bridgehead atoms. The van der Waals surface area contributed by atoms with Crippen molar-refractivity contribution in [3.8, 4) is 0 Å². The van der Waals surface area contributed by atoms with E-state index < -0.39 is 28.8 Å². The van der Waals surface area contributed by atoms with E-state index in [1.807, 2.05) is 0 Å². The van der Waals surface area contributed by atoms with Gasteiger partial charge in [-0.25, -0.2) is 8.78 Å². The Labute approximate surface area is 113 Å². The van der Waals surface area contributed by atoms with Gasteiger partial charge >= 0.3 is 0 Å². The van der Waals surface area contributed by atoms with Gasteiger partial charge in [-0.1, -0.05) is 15.9 Å². The van der Waals surface area contributed by atoms with Crippen molar-refractivity contribution >= 4 is 27.5 Å². The predicted molar refractivity (Wildman–Crippen MR) is 70.2 cm³/mol. The highest BCUT2D eigenvalue weighted by Crippen LogP contribution is 2.24. The lowest BCUT2D eigenvalue weighted by molar-refractivity contribution is -0.116. The highest BCUT2D eigenvalue weighted by atomic mass is 79.9. The van der Waals surface area contributed by atoms with Crippen LogP contribution in [0.15, 0.2) is 16.6 Å². The first-order chi connectivity index (χ1) is 8.19. The summed E-state index contributed by atoms with van der Waals surface area (Å²) in [5.41, 5.74) is 4.80. The monoisotopic (exact) mass is 320 g/mol. The van der Waals surface area contributed by atoms with Gasteiger partial charge in [-0.15, -0.1) is 0 Å². The smallest absolute Gasteiger partial charge is 0.224 e. The van der Waals surface area contributed by atoms with E-state index in [0.29, 0.717) is 6.42 Å². The summed E-state index contributed by atoms with van der Waals surface area (Å²) in [7, 11) is 0. The first kappa shape index (κ1) is 15.0. The number of benzene rings is 1. The Hall–Kier alpha value is -1.01. The molecule has 18 heavy (non-hydrogen) atoms. The van der Waals surface area contributed by atoms with E-state index in [9.17, 15) is 13.6 Å². The molecule has 0 atom stereocenters. The van der Waals surface area contributed by atoms with E-state index >= 15 is 0 Å². The number of carbonyl (C=O) groups is 1. The largest absolute Gasteiger partial charge is 0.326 e. The fourth-order valence-corrected chi connectivity index (χ4v) is 1.70. The summed E-state index contributed by atoms with van der Waals surface area (Å²) in [6.07, 6.45) is 0.539. The average Bonchev–Trinajstić information content (AvgIpc) is 2.19. The van der Waals surface area contributed by atoms with Gasteiger partial charge in [-0.3, -0.25) is 4.79 Å². The maximum absolute atomic E-state index is 13.4. The number of nitrogens with one attached hydrogen (secondary N) is 1. The van der Waals surface area contributed by atoms with Gasteiger partial charge in [0.15, 0.2) is 11.6 Å². The molecular formula is C12H15BrF2N2O. The molecule has 1 aromatic carbocycles. The molecule has 0 aliphatic rings. The van der Waals surface area contributed by atoms with Crippen LogP contribution >= 0.6 is 15.9 Å². The molecule has 3 nitrogen and oxygen atoms in total. The van der Waals surface area contributed by atoms with Gasteiger partial charge in [0, 0.05) is 16.4 Å². The van der Waals surface area contributed by atoms with Crippen LogP contribution in [0.3, 0.4) is 0 Å². The zero-order valence-electron chi connectivity index (χ0n) is 10.2. The van der Waals surface area contributed by atoms with E-state index in [-0.39, 0.29) is 10.9 Å². The lowest BCUT2D eigenvalue weighted by atomic mass is 10.00. The van der Waals surface area contributed by atoms with Crippen molar-refractivity contribution in [1.82, 2.24) is 0 Å². The molecule has 0 aliphatic carbocycles. The van der Waals surface area contributed by atoms with E-state index in [1.165, 1.54) is 0 Å². The average molecular weight is 321 g/mol. The van der Waals surface area contributed by atoms with Gasteiger partial charge in [-0.05, 0) is 32.4 Å². The second-order valence-corrected chi connectivity index (χ2v) is 5.70. The number of amides is 1. The number of halogens is 3. The van der Waals surface area contributed by atoms with Gasteiger partial charge in [-0.2, -0.15) is 0 Å². The third kappa shape index (κ3) is 4.70. The van der Waals surface area contributed by atoms with Gasteiger partial charge in [0.1, 0.15) is 5.69 Å². The van der Waals surface area contributed by atoms with Gasteiger partial charge in [0.05, 0.1) is 0 Å². The molecular weight excluding hydrogens is 306 g/mol. The Morgan fingerprint density at radius 3 is 2.33 bits per heavy atom. The number of anilines is 1. The summed E-state index contributed by atoms with van der Waals surface area (Å²) in [6, 6.07) is 2.18. The van der Waals surface area contributed by atoms with E-state index in [1.54, 1.807) is 13.8 Å². The number of nitrogens with two attached hydrogens (primary N) is 1. The molecule has 100 valence electrons. The topological polar surface area (TPSA) is 55.1 Å². The van der Waals surface area contributed by atoms with E-state index in [4.69, 9.17) is 5.73 Å². The third-order valence-electron chi connectivity index (χ3n) is 2.27. The van der Waals surface area contributed by atoms with Crippen molar-refractivity contribution in [3.63, 3.8) is 0 Å². The SMILES string of the molecule is CC(C)(N)CCC(=O)Nc1c(F)cc(Br)cc1F. The fraction of sp³-hybridized carbons (Fsp3) is 0.417. The fourth-order valence-electron chi connectivity index (χ4n) is 1.30. The molecule has 0 saturated heterocycles. The molecule has 3 N–H and O–H groups in total. The third-order valence-corrected chi connectivity index (χ3v) is 2.73. The Balaban J connectivity index is 2.71. The number of rotatable bonds is 4. The zero-order valence-corrected chi connectivity index (χ0v) is 11.8. The Morgan fingerprint density at radius 1 is 1.39 bits per heavy atom. The summed E-state index contributed by atoms with van der Waals surface area (Å²) in [6.45, 7) is 3.56. The number of carbonyl (C=O) groups excluding carboxylic acids is 1. The summed E-state index contributed by atoms with van der Waals surface area (Å²) >= 11 is 2.96. The summed E-state index contributed by atoms with van der Waals surface area (Å²) < 4.78 is 27.1. The van der Waals surface area contributed by atoms with Crippen LogP contribution in [0.1, 0.15) is 26.7 Å². The van der Waals surface area contributed by atoms with Crippen molar-refractivity contribution < 1.29 is 13.6 Å². The van der Waals surface area contributed by atoms with Crippen molar-refractivity contribution in [2.45, 2.75) is 32.2 Å². The molecule has 6 heteroatoms. The minimum atomic E-state index is -0.817. The minimum absolute atomic E-state index is 0.110. The predicted octanol–water partition coefficient (Wildman–Crippen LogP) is 3.18. The molecule has 0 unspecified atom stereocenters. The van der Waals surface area contributed by atoms with Crippen LogP contribution in [0.2, 0.25) is 0 Å². The van der Waals surface area contributed by atoms with Crippen molar-refractivity contribution in [2.75, 3.05) is 5.32 Å². The molecule has 1 amide bonds. The Kier molecular flexibility index (Phi) is 4.81. The second-order valence-electron chi connectivity index (χ2n) is 4.78. The van der Waals surface area contributed by atoms with Crippen molar-refractivity contribution in [2.24, 2.45) is 5.73 Å². The van der Waals surface area contributed by atoms with Crippen LogP contribution in [-0.2, 0) is 4.79 Å². The molecule has 1 rings (SSSR count). The number of hydrogen-bond donors (Lipinski definition) is 2. The molecule has 1 aromatic rings. The quantitative estimate of drug-likeness (QED) is 0.895. The summed E-state index contributed by atoms with van der Waals surface area (Å²) in [4.78, 5) is 11.5. The Morgan fingerprint density at radius 2 is 1.89 bits per heavy atom. The van der Waals surface area contributed by atoms with Gasteiger partial charge < -0.3 is 11.1 Å². The number of hydrogen-bond acceptors (Lipinski definition) is 2. The molecule has 0 aliphatic heterocycles. The maximum Gasteiger partial charge on any atom is 0.224 e. The van der Waals surface area contributed by atoms with E-state index in [0.717, 1.165) is 12.1 Å². The first-order valence-electron chi connectivity index (χ1n) is 5.42. The van der Waals surface area contributed by atoms with Crippen LogP contribution in [0.25, 0.3) is 0 Å². The van der Waals surface area contributed by atoms with Crippen molar-refractivity contribution in [3.05, 3.63) is 28.2 Å². The molecule has 0 fully saturated rings. The van der Waals surface area contributed by atoms with Gasteiger partial charge in [0.25, 0.3) is 0 Å². The van der Waals surface area contributed by atoms with Crippen LogP contribution in [-0.4, -0.2) is 11.4 Å². The molecule has 0 radical (unpaired) electrons. The molecule has 0 heterocycles. The molecule has 0 saturated carbocycles. The first-order valence-corrected chi connectivity index (χ1v) is 6.21. The lowest BCUT2D eigenvalue weighted by Crippen LogP contribution is -2.33. The standard InChI is InChI=1S/C12H15BrF2N2O/c1-12(2,16)4-3-10(18)17-11-8(14)5-7(13)6-9(11)15/h5-6H,3-4,16H2,1-2H3,(H,17,18). The lowest BCUT2D eigenvalue weighted by Gasteiger charge is -2.17. The maximum atomic E-state index is 13.4. The zero-order chi connectivity index (χ0) is 13.9. The van der Waals surface area contributed by atoms with Crippen LogP contribution in [0, 0.1) is 11.6 Å². The molecule has 0 spiro atoms. The highest BCUT2D eigenvalue weighted by Gasteiger charge is 2.16. The normalized spacial score (nSPS) is 11.4. The van der Waals surface area contributed by atoms with Crippen LogP contribution in [0.4, 0.5) is 14.5 Å². The highest BCUT2D eigenvalue weighted by molar-refractivity contribution is 9.10. The minimum Gasteiger partial charge on any atom is -0.326 e. The Bertz CT molecular complexity index is 435. The summed E-state index contributed by atoms with van der Waals surface area (Å²) in [5.74, 6) is -2.10. The summed E-state index contributed by atoms with van der Waals surface area (Å²) in [5, 5.41) is 2.21. The van der Waals surface area contributed by atoms with Gasteiger partial charge in [0.2, 0.25) is 5.91 Å². The van der Waals surface area contributed by atoms with Crippen LogP contribution < -0.4 is 11.1 Å². The van der Waals surface area contributed by atoms with Crippen LogP contribution in [0.5, 0.6) is 0 Å². The molecule has 0 aromatic heterocycles. The second kappa shape index (κ2) is 5.75.